The Morgan fingerprint density at radius 2 is 2.12 bits per heavy atom. The average Bonchev–Trinajstić information content (AvgIpc) is 3.28. The molecule has 7 nitrogen and oxygen atoms in total. The minimum atomic E-state index is -1.40. The van der Waals surface area contributed by atoms with Crippen molar-refractivity contribution >= 4 is 28.6 Å². The summed E-state index contributed by atoms with van der Waals surface area (Å²) >= 11 is 0. The number of furan rings is 1. The van der Waals surface area contributed by atoms with Gasteiger partial charge in [-0.1, -0.05) is 18.2 Å². The van der Waals surface area contributed by atoms with Crippen LogP contribution in [0.15, 0.2) is 34.7 Å². The third kappa shape index (κ3) is 2.68. The van der Waals surface area contributed by atoms with Gasteiger partial charge in [0.25, 0.3) is 5.91 Å². The highest BCUT2D eigenvalue weighted by molar-refractivity contribution is 5.98. The molecule has 3 atom stereocenters. The fourth-order valence-corrected chi connectivity index (χ4v) is 3.29. The summed E-state index contributed by atoms with van der Waals surface area (Å²) in [4.78, 5) is 37.4. The SMILES string of the molecule is O=C(NCC(=O)N1C[C@@H](F)[C@H]2OCC(=O)[C@H]21)c1cc2ccccc2o1. The normalized spacial score (nSPS) is 25.4. The molecule has 0 saturated carbocycles. The quantitative estimate of drug-likeness (QED) is 0.883. The summed E-state index contributed by atoms with van der Waals surface area (Å²) in [6, 6.07) is 7.82. The summed E-state index contributed by atoms with van der Waals surface area (Å²) in [5.74, 6) is -1.32. The van der Waals surface area contributed by atoms with Gasteiger partial charge in [-0.2, -0.15) is 0 Å². The van der Waals surface area contributed by atoms with E-state index in [-0.39, 0.29) is 31.2 Å². The topological polar surface area (TPSA) is 88.9 Å². The Bertz CT molecular complexity index is 831. The maximum absolute atomic E-state index is 13.9. The Labute approximate surface area is 141 Å². The van der Waals surface area contributed by atoms with Crippen LogP contribution < -0.4 is 5.32 Å². The summed E-state index contributed by atoms with van der Waals surface area (Å²) in [7, 11) is 0. The first-order valence-electron chi connectivity index (χ1n) is 7.89. The maximum Gasteiger partial charge on any atom is 0.287 e. The maximum atomic E-state index is 13.9. The number of ether oxygens (including phenoxy) is 1. The number of alkyl halides is 1. The summed E-state index contributed by atoms with van der Waals surface area (Å²) in [5, 5.41) is 3.22. The molecule has 0 radical (unpaired) electrons. The van der Waals surface area contributed by atoms with Gasteiger partial charge in [0.2, 0.25) is 5.91 Å². The van der Waals surface area contributed by atoms with Crippen molar-refractivity contribution in [3.63, 3.8) is 0 Å². The fraction of sp³-hybridized carbons (Fsp3) is 0.353. The van der Waals surface area contributed by atoms with Gasteiger partial charge in [0, 0.05) is 5.39 Å². The number of nitrogens with one attached hydrogen (secondary N) is 1. The van der Waals surface area contributed by atoms with E-state index in [0.29, 0.717) is 5.58 Å². The van der Waals surface area contributed by atoms with Crippen LogP contribution in [0.1, 0.15) is 10.6 Å². The number of halogens is 1. The van der Waals surface area contributed by atoms with E-state index >= 15 is 0 Å². The first-order valence-corrected chi connectivity index (χ1v) is 7.89. The zero-order valence-corrected chi connectivity index (χ0v) is 13.1. The predicted molar refractivity (Wildman–Crippen MR) is 83.7 cm³/mol. The van der Waals surface area contributed by atoms with E-state index in [1.165, 1.54) is 0 Å². The van der Waals surface area contributed by atoms with E-state index in [1.807, 2.05) is 6.07 Å². The molecule has 0 unspecified atom stereocenters. The lowest BCUT2D eigenvalue weighted by molar-refractivity contribution is -0.135. The number of amides is 2. The second-order valence-corrected chi connectivity index (χ2v) is 6.08. The summed E-state index contributed by atoms with van der Waals surface area (Å²) < 4.78 is 24.4. The number of Topliss-reactive ketones (excluding diaryl/α,β-unsaturated/α-hetero) is 1. The lowest BCUT2D eigenvalue weighted by Gasteiger charge is -2.21. The molecule has 1 aromatic heterocycles. The van der Waals surface area contributed by atoms with E-state index in [4.69, 9.17) is 9.15 Å². The molecule has 0 aliphatic carbocycles. The van der Waals surface area contributed by atoms with Crippen LogP contribution in [0.3, 0.4) is 0 Å². The Kier molecular flexibility index (Phi) is 3.76. The molecule has 130 valence electrons. The van der Waals surface area contributed by atoms with Crippen molar-refractivity contribution in [2.24, 2.45) is 0 Å². The minimum Gasteiger partial charge on any atom is -0.451 e. The Balaban J connectivity index is 1.41. The van der Waals surface area contributed by atoms with Gasteiger partial charge in [0.1, 0.15) is 30.5 Å². The summed E-state index contributed by atoms with van der Waals surface area (Å²) in [6.45, 7) is -0.746. The molecule has 25 heavy (non-hydrogen) atoms. The number of hydrogen-bond donors (Lipinski definition) is 1. The predicted octanol–water partition coefficient (Wildman–Crippen LogP) is 0.679. The monoisotopic (exact) mass is 346 g/mol. The smallest absolute Gasteiger partial charge is 0.287 e. The highest BCUT2D eigenvalue weighted by Crippen LogP contribution is 2.29. The third-order valence-corrected chi connectivity index (χ3v) is 4.49. The van der Waals surface area contributed by atoms with E-state index in [0.717, 1.165) is 10.3 Å². The van der Waals surface area contributed by atoms with Crippen LogP contribution in [0.25, 0.3) is 11.0 Å². The van der Waals surface area contributed by atoms with Crippen LogP contribution in [0.2, 0.25) is 0 Å². The van der Waals surface area contributed by atoms with Crippen LogP contribution in [0.5, 0.6) is 0 Å². The standard InChI is InChI=1S/C17H15FN2O5/c18-10-7-20(15-11(21)8-24-16(10)15)14(22)6-19-17(23)13-5-9-3-1-2-4-12(9)25-13/h1-5,10,15-16H,6-8H2,(H,19,23)/t10-,15-,16-/m1/s1. The number of carbonyl (C=O) groups is 3. The molecular weight excluding hydrogens is 331 g/mol. The zero-order valence-electron chi connectivity index (χ0n) is 13.1. The van der Waals surface area contributed by atoms with E-state index in [1.54, 1.807) is 24.3 Å². The van der Waals surface area contributed by atoms with Gasteiger partial charge in [-0.25, -0.2) is 4.39 Å². The molecule has 2 fully saturated rings. The summed E-state index contributed by atoms with van der Waals surface area (Å²) in [5.41, 5.74) is 0.565. The summed E-state index contributed by atoms with van der Waals surface area (Å²) in [6.07, 6.45) is -2.30. The number of hydrogen-bond acceptors (Lipinski definition) is 5. The molecule has 4 rings (SSSR count). The van der Waals surface area contributed by atoms with Crippen LogP contribution in [-0.4, -0.2) is 60.5 Å². The molecule has 3 heterocycles. The molecule has 2 aliphatic heterocycles. The zero-order chi connectivity index (χ0) is 17.6. The molecule has 2 saturated heterocycles. The highest BCUT2D eigenvalue weighted by Gasteiger charge is 2.52. The lowest BCUT2D eigenvalue weighted by atomic mass is 10.1. The van der Waals surface area contributed by atoms with Gasteiger partial charge >= 0.3 is 0 Å². The van der Waals surface area contributed by atoms with Crippen LogP contribution in [0, 0.1) is 0 Å². The number of benzene rings is 1. The van der Waals surface area contributed by atoms with Gasteiger partial charge in [-0.15, -0.1) is 0 Å². The lowest BCUT2D eigenvalue weighted by Crippen LogP contribution is -2.46. The molecular formula is C17H15FN2O5. The minimum absolute atomic E-state index is 0.0805. The van der Waals surface area contributed by atoms with Crippen LogP contribution in [-0.2, 0) is 14.3 Å². The van der Waals surface area contributed by atoms with Gasteiger partial charge in [-0.05, 0) is 12.1 Å². The number of rotatable bonds is 3. The van der Waals surface area contributed by atoms with E-state index in [9.17, 15) is 18.8 Å². The van der Waals surface area contributed by atoms with Crippen molar-refractivity contribution in [2.75, 3.05) is 19.7 Å². The number of ketones is 1. The molecule has 0 spiro atoms. The largest absolute Gasteiger partial charge is 0.451 e. The highest BCUT2D eigenvalue weighted by atomic mass is 19.1. The van der Waals surface area contributed by atoms with Gasteiger partial charge < -0.3 is 19.4 Å². The van der Waals surface area contributed by atoms with E-state index in [2.05, 4.69) is 5.32 Å². The average molecular weight is 346 g/mol. The number of nitrogens with zero attached hydrogens (tertiary/aromatic N) is 1. The number of likely N-dealkylation sites (tertiary alicyclic amines) is 1. The molecule has 2 aromatic rings. The van der Waals surface area contributed by atoms with Gasteiger partial charge in [0.05, 0.1) is 13.1 Å². The van der Waals surface area contributed by atoms with Gasteiger partial charge in [-0.3, -0.25) is 14.4 Å². The number of carbonyl (C=O) groups excluding carboxylic acids is 3. The first-order chi connectivity index (χ1) is 12.0. The van der Waals surface area contributed by atoms with Crippen molar-refractivity contribution in [3.05, 3.63) is 36.1 Å². The molecule has 2 aliphatic rings. The molecule has 2 amide bonds. The fourth-order valence-electron chi connectivity index (χ4n) is 3.29. The van der Waals surface area contributed by atoms with Crippen LogP contribution in [0.4, 0.5) is 4.39 Å². The Hall–Kier alpha value is -2.74. The number of fused-ring (bicyclic) bond motifs is 2. The Morgan fingerprint density at radius 3 is 2.92 bits per heavy atom. The van der Waals surface area contributed by atoms with Gasteiger partial charge in [0.15, 0.2) is 11.5 Å². The van der Waals surface area contributed by atoms with Crippen molar-refractivity contribution in [1.29, 1.82) is 0 Å². The molecule has 1 aromatic carbocycles. The van der Waals surface area contributed by atoms with E-state index < -0.39 is 30.1 Å². The first kappa shape index (κ1) is 15.8. The number of para-hydroxylation sites is 1. The molecule has 0 bridgehead atoms. The van der Waals surface area contributed by atoms with Crippen molar-refractivity contribution < 1.29 is 27.9 Å². The second-order valence-electron chi connectivity index (χ2n) is 6.08. The third-order valence-electron chi connectivity index (χ3n) is 4.49. The van der Waals surface area contributed by atoms with Crippen molar-refractivity contribution in [1.82, 2.24) is 10.2 Å². The van der Waals surface area contributed by atoms with Crippen LogP contribution >= 0.6 is 0 Å². The molecule has 1 N–H and O–H groups in total. The molecule has 8 heteroatoms. The van der Waals surface area contributed by atoms with Crippen molar-refractivity contribution in [2.45, 2.75) is 18.3 Å². The van der Waals surface area contributed by atoms with Crippen molar-refractivity contribution in [3.8, 4) is 0 Å². The second kappa shape index (κ2) is 5.96. The Morgan fingerprint density at radius 1 is 1.32 bits per heavy atom.